The fourth-order valence-electron chi connectivity index (χ4n) is 1.72. The molecule has 1 saturated heterocycles. The Morgan fingerprint density at radius 3 is 3.29 bits per heavy atom. The number of rotatable bonds is 3. The minimum absolute atomic E-state index is 0.588. The van der Waals surface area contributed by atoms with E-state index in [0.717, 1.165) is 12.2 Å². The lowest BCUT2D eigenvalue weighted by Crippen LogP contribution is -2.08. The normalized spacial score (nSPS) is 25.9. The smallest absolute Gasteiger partial charge is 0.163 e. The van der Waals surface area contributed by atoms with E-state index in [1.54, 1.807) is 6.26 Å². The summed E-state index contributed by atoms with van der Waals surface area (Å²) < 4.78 is 0. The summed E-state index contributed by atoms with van der Waals surface area (Å²) in [6, 6.07) is 0. The lowest BCUT2D eigenvalue weighted by Gasteiger charge is -2.18. The molecule has 3 heteroatoms. The van der Waals surface area contributed by atoms with E-state index >= 15 is 0 Å². The fraction of sp³-hybridized carbons (Fsp3) is 0.455. The first-order valence-corrected chi connectivity index (χ1v) is 5.92. The molecule has 1 unspecified atom stereocenters. The van der Waals surface area contributed by atoms with E-state index in [1.807, 2.05) is 23.9 Å². The van der Waals surface area contributed by atoms with Gasteiger partial charge in [0.2, 0.25) is 0 Å². The van der Waals surface area contributed by atoms with E-state index in [0.29, 0.717) is 5.25 Å². The van der Waals surface area contributed by atoms with Crippen LogP contribution in [0.3, 0.4) is 0 Å². The molecular formula is C11H14O2S. The van der Waals surface area contributed by atoms with Crippen LogP contribution < -0.4 is 0 Å². The van der Waals surface area contributed by atoms with Crippen molar-refractivity contribution in [3.05, 3.63) is 36.3 Å². The van der Waals surface area contributed by atoms with Gasteiger partial charge in [-0.05, 0) is 24.7 Å². The van der Waals surface area contributed by atoms with Crippen molar-refractivity contribution in [3.8, 4) is 0 Å². The molecule has 0 amide bonds. The molecule has 1 atom stereocenters. The van der Waals surface area contributed by atoms with Gasteiger partial charge in [-0.15, -0.1) is 6.58 Å². The molecule has 0 bridgehead atoms. The summed E-state index contributed by atoms with van der Waals surface area (Å²) >= 11 is 2.00. The number of hydrogen-bond acceptors (Lipinski definition) is 3. The third kappa shape index (κ3) is 1.98. The Kier molecular flexibility index (Phi) is 3.19. The molecule has 0 N–H and O–H groups in total. The first kappa shape index (κ1) is 9.71. The third-order valence-corrected chi connectivity index (χ3v) is 3.80. The molecule has 2 heterocycles. The molecular weight excluding hydrogens is 196 g/mol. The van der Waals surface area contributed by atoms with Crippen molar-refractivity contribution in [1.82, 2.24) is 0 Å². The maximum atomic E-state index is 5.15. The summed E-state index contributed by atoms with van der Waals surface area (Å²) in [7, 11) is 0. The van der Waals surface area contributed by atoms with Crippen molar-refractivity contribution in [3.63, 3.8) is 0 Å². The Morgan fingerprint density at radius 1 is 1.64 bits per heavy atom. The summed E-state index contributed by atoms with van der Waals surface area (Å²) in [5.74, 6) is 2.17. The minimum atomic E-state index is 0.588. The van der Waals surface area contributed by atoms with Gasteiger partial charge in [0.1, 0.15) is 6.26 Å². The zero-order valence-corrected chi connectivity index (χ0v) is 8.89. The van der Waals surface area contributed by atoms with Crippen LogP contribution in [0.1, 0.15) is 19.3 Å². The zero-order valence-electron chi connectivity index (χ0n) is 8.07. The van der Waals surface area contributed by atoms with Crippen molar-refractivity contribution in [2.75, 3.05) is 5.75 Å². The first-order valence-electron chi connectivity index (χ1n) is 4.87. The van der Waals surface area contributed by atoms with Gasteiger partial charge in [-0.3, -0.25) is 9.78 Å². The van der Waals surface area contributed by atoms with Gasteiger partial charge < -0.3 is 0 Å². The van der Waals surface area contributed by atoms with Gasteiger partial charge in [0.05, 0.1) is 0 Å². The molecule has 0 aromatic carbocycles. The Labute approximate surface area is 88.6 Å². The number of thioether (sulfide) groups is 1. The van der Waals surface area contributed by atoms with Crippen LogP contribution in [0, 0.1) is 0 Å². The molecule has 14 heavy (non-hydrogen) atoms. The fourth-order valence-corrected chi connectivity index (χ4v) is 3.06. The minimum Gasteiger partial charge on any atom is -0.298 e. The molecule has 2 aliphatic heterocycles. The van der Waals surface area contributed by atoms with Crippen molar-refractivity contribution < 1.29 is 9.78 Å². The van der Waals surface area contributed by atoms with Crippen LogP contribution in [0.4, 0.5) is 0 Å². The standard InChI is InChI=1S/C11H14O2S/c1-2-4-10-9(6-7-12-13-10)11-5-3-8-14-11/h2,6-7,11H,1,3-5,8H2. The van der Waals surface area contributed by atoms with E-state index in [-0.39, 0.29) is 0 Å². The summed E-state index contributed by atoms with van der Waals surface area (Å²) in [6.45, 7) is 3.72. The van der Waals surface area contributed by atoms with Gasteiger partial charge in [0, 0.05) is 17.2 Å². The topological polar surface area (TPSA) is 18.5 Å². The molecule has 1 fully saturated rings. The highest BCUT2D eigenvalue weighted by Gasteiger charge is 2.24. The van der Waals surface area contributed by atoms with E-state index in [1.165, 1.54) is 24.2 Å². The Balaban J connectivity index is 2.17. The van der Waals surface area contributed by atoms with Crippen molar-refractivity contribution >= 4 is 11.8 Å². The molecule has 76 valence electrons. The lowest BCUT2D eigenvalue weighted by molar-refractivity contribution is -0.216. The van der Waals surface area contributed by atoms with Crippen molar-refractivity contribution in [2.24, 2.45) is 0 Å². The van der Waals surface area contributed by atoms with Gasteiger partial charge in [-0.1, -0.05) is 6.08 Å². The van der Waals surface area contributed by atoms with Crippen LogP contribution in [0.25, 0.3) is 0 Å². The predicted octanol–water partition coefficient (Wildman–Crippen LogP) is 3.19. The number of allylic oxidation sites excluding steroid dienone is 2. The maximum Gasteiger partial charge on any atom is 0.163 e. The second-order valence-corrected chi connectivity index (χ2v) is 4.67. The van der Waals surface area contributed by atoms with Crippen LogP contribution in [-0.2, 0) is 9.78 Å². The second kappa shape index (κ2) is 4.60. The molecule has 0 aromatic heterocycles. The molecule has 0 radical (unpaired) electrons. The van der Waals surface area contributed by atoms with Crippen LogP contribution in [0.15, 0.2) is 36.3 Å². The van der Waals surface area contributed by atoms with Crippen LogP contribution >= 0.6 is 11.8 Å². The molecule has 0 aromatic rings. The maximum absolute atomic E-state index is 5.15. The molecule has 0 spiro atoms. The Bertz CT molecular complexity index is 275. The molecule has 0 saturated carbocycles. The van der Waals surface area contributed by atoms with E-state index in [4.69, 9.17) is 9.78 Å². The highest BCUT2D eigenvalue weighted by molar-refractivity contribution is 8.00. The van der Waals surface area contributed by atoms with Gasteiger partial charge in [-0.2, -0.15) is 11.8 Å². The Hall–Kier alpha value is -0.830. The van der Waals surface area contributed by atoms with E-state index in [2.05, 4.69) is 6.58 Å². The predicted molar refractivity (Wildman–Crippen MR) is 58.6 cm³/mol. The van der Waals surface area contributed by atoms with E-state index in [9.17, 15) is 0 Å². The van der Waals surface area contributed by atoms with Crippen molar-refractivity contribution in [2.45, 2.75) is 24.5 Å². The average Bonchev–Trinajstić information content (AvgIpc) is 2.72. The largest absolute Gasteiger partial charge is 0.298 e. The van der Waals surface area contributed by atoms with Gasteiger partial charge in [-0.25, -0.2) is 0 Å². The molecule has 2 nitrogen and oxygen atoms in total. The monoisotopic (exact) mass is 210 g/mol. The molecule has 2 aliphatic rings. The SMILES string of the molecule is C=CCC1=C(C2CCCS2)C=COO1. The highest BCUT2D eigenvalue weighted by atomic mass is 32.2. The van der Waals surface area contributed by atoms with E-state index < -0.39 is 0 Å². The molecule has 2 rings (SSSR count). The van der Waals surface area contributed by atoms with Crippen molar-refractivity contribution in [1.29, 1.82) is 0 Å². The highest BCUT2D eigenvalue weighted by Crippen LogP contribution is 2.36. The van der Waals surface area contributed by atoms with Crippen LogP contribution in [0.2, 0.25) is 0 Å². The first-order chi connectivity index (χ1) is 6.92. The van der Waals surface area contributed by atoms with Gasteiger partial charge in [0.15, 0.2) is 5.76 Å². The quantitative estimate of drug-likeness (QED) is 0.526. The summed E-state index contributed by atoms with van der Waals surface area (Å²) in [5.41, 5.74) is 1.28. The second-order valence-electron chi connectivity index (χ2n) is 3.36. The number of hydrogen-bond donors (Lipinski definition) is 0. The van der Waals surface area contributed by atoms with Crippen LogP contribution in [0.5, 0.6) is 0 Å². The van der Waals surface area contributed by atoms with Crippen LogP contribution in [-0.4, -0.2) is 11.0 Å². The van der Waals surface area contributed by atoms with Gasteiger partial charge >= 0.3 is 0 Å². The average molecular weight is 210 g/mol. The van der Waals surface area contributed by atoms with Gasteiger partial charge in [0.25, 0.3) is 0 Å². The lowest BCUT2D eigenvalue weighted by atomic mass is 10.1. The zero-order chi connectivity index (χ0) is 9.80. The molecule has 0 aliphatic carbocycles. The third-order valence-electron chi connectivity index (χ3n) is 2.38. The summed E-state index contributed by atoms with van der Waals surface area (Å²) in [4.78, 5) is 9.98. The summed E-state index contributed by atoms with van der Waals surface area (Å²) in [5, 5.41) is 0.588. The Morgan fingerprint density at radius 2 is 2.57 bits per heavy atom. The summed E-state index contributed by atoms with van der Waals surface area (Å²) in [6.07, 6.45) is 8.77.